The Morgan fingerprint density at radius 2 is 0.367 bits per heavy atom. The van der Waals surface area contributed by atoms with Gasteiger partial charge in [0.1, 0.15) is 0 Å². The lowest BCUT2D eigenvalue weighted by molar-refractivity contribution is 1.52. The first-order valence-corrected chi connectivity index (χ1v) is 10.4. The van der Waals surface area contributed by atoms with Crippen molar-refractivity contribution < 1.29 is 0 Å². The molecule has 0 heteroatoms. The van der Waals surface area contributed by atoms with Crippen molar-refractivity contribution in [3.63, 3.8) is 0 Å². The van der Waals surface area contributed by atoms with Crippen LogP contribution in [0.1, 0.15) is 0 Å². The molecular weight excluding hydrogens is 360 g/mol. The maximum Gasteiger partial charge on any atom is -0.00990 e. The van der Waals surface area contributed by atoms with E-state index in [1.807, 2.05) is 0 Å². The quantitative estimate of drug-likeness (QED) is 0.231. The standard InChI is InChI=1S/C18H12.C12H8/c1-2-8-14-13(7-1)15-9-3-4-11-17(15)18-12-6-5-10-16(14)18;1-2-6-10-9(5-1)11-7-3-4-8-12(10)11/h1-12H;1-8H. The van der Waals surface area contributed by atoms with E-state index < -0.39 is 0 Å². The first-order chi connectivity index (χ1) is 14.9. The summed E-state index contributed by atoms with van der Waals surface area (Å²) in [6.07, 6.45) is 0. The van der Waals surface area contributed by atoms with Crippen LogP contribution in [0.4, 0.5) is 0 Å². The second-order valence-electron chi connectivity index (χ2n) is 7.73. The largest absolute Gasteiger partial charge is 0.0616 e. The summed E-state index contributed by atoms with van der Waals surface area (Å²) >= 11 is 0. The third kappa shape index (κ3) is 2.54. The normalized spacial score (nSPS) is 11.3. The number of rotatable bonds is 0. The van der Waals surface area contributed by atoms with Crippen molar-refractivity contribution in [1.82, 2.24) is 0 Å². The molecule has 0 aliphatic heterocycles. The van der Waals surface area contributed by atoms with Gasteiger partial charge in [0.15, 0.2) is 0 Å². The maximum atomic E-state index is 2.21. The van der Waals surface area contributed by atoms with Crippen LogP contribution in [0.5, 0.6) is 0 Å². The van der Waals surface area contributed by atoms with Crippen LogP contribution in [0, 0.1) is 0 Å². The van der Waals surface area contributed by atoms with Gasteiger partial charge in [0.25, 0.3) is 0 Å². The minimum Gasteiger partial charge on any atom is -0.0616 e. The Morgan fingerprint density at radius 1 is 0.200 bits per heavy atom. The fraction of sp³-hybridized carbons (Fsp3) is 0. The summed E-state index contributed by atoms with van der Waals surface area (Å²) in [5.41, 5.74) is 5.59. The average Bonchev–Trinajstić information content (AvgIpc) is 2.83. The summed E-state index contributed by atoms with van der Waals surface area (Å²) in [4.78, 5) is 0. The molecule has 0 nitrogen and oxygen atoms in total. The molecule has 7 rings (SSSR count). The Morgan fingerprint density at radius 3 is 0.567 bits per heavy atom. The average molecular weight is 380 g/mol. The van der Waals surface area contributed by atoms with Crippen molar-refractivity contribution in [3.8, 4) is 22.3 Å². The molecular formula is C30H20. The lowest BCUT2D eigenvalue weighted by Crippen LogP contribution is -1.96. The van der Waals surface area contributed by atoms with E-state index in [4.69, 9.17) is 0 Å². The van der Waals surface area contributed by atoms with E-state index in [0.717, 1.165) is 0 Å². The van der Waals surface area contributed by atoms with Crippen LogP contribution in [0.3, 0.4) is 0 Å². The maximum absolute atomic E-state index is 2.21. The first-order valence-electron chi connectivity index (χ1n) is 10.4. The second kappa shape index (κ2) is 6.86. The Bertz CT molecular complexity index is 1220. The highest BCUT2D eigenvalue weighted by molar-refractivity contribution is 6.25. The van der Waals surface area contributed by atoms with E-state index in [1.54, 1.807) is 0 Å². The second-order valence-corrected chi connectivity index (χ2v) is 7.73. The van der Waals surface area contributed by atoms with Gasteiger partial charge < -0.3 is 0 Å². The summed E-state index contributed by atoms with van der Waals surface area (Å²) in [5.74, 6) is 0. The monoisotopic (exact) mass is 380 g/mol. The smallest absolute Gasteiger partial charge is 0.00990 e. The number of benzene rings is 6. The van der Waals surface area contributed by atoms with Gasteiger partial charge in [-0.15, -0.1) is 0 Å². The van der Waals surface area contributed by atoms with Gasteiger partial charge in [-0.25, -0.2) is 0 Å². The lowest BCUT2D eigenvalue weighted by Gasteiger charge is -2.22. The van der Waals surface area contributed by atoms with Crippen molar-refractivity contribution in [1.29, 1.82) is 0 Å². The SMILES string of the molecule is c1ccc2c(c1)-c1ccccc1-2.c1ccc2c(c1)c1ccccc1c1ccccc21. The molecule has 0 atom stereocenters. The topological polar surface area (TPSA) is 0 Å². The number of fused-ring (bicyclic) bond motifs is 10. The highest BCUT2D eigenvalue weighted by atomic mass is 14.2. The van der Waals surface area contributed by atoms with Gasteiger partial charge in [0, 0.05) is 0 Å². The molecule has 0 heterocycles. The van der Waals surface area contributed by atoms with Crippen LogP contribution < -0.4 is 0 Å². The molecule has 0 aromatic heterocycles. The summed E-state index contributed by atoms with van der Waals surface area (Å²) < 4.78 is 0. The predicted octanol–water partition coefficient (Wildman–Crippen LogP) is 8.48. The van der Waals surface area contributed by atoms with E-state index in [0.29, 0.717) is 0 Å². The molecule has 0 radical (unpaired) electrons. The molecule has 0 fully saturated rings. The van der Waals surface area contributed by atoms with Gasteiger partial charge in [-0.3, -0.25) is 0 Å². The Kier molecular flexibility index (Phi) is 3.89. The zero-order chi connectivity index (χ0) is 19.9. The van der Waals surface area contributed by atoms with Crippen LogP contribution in [0.2, 0.25) is 0 Å². The van der Waals surface area contributed by atoms with Crippen LogP contribution in [-0.2, 0) is 0 Å². The number of hydrogen-bond acceptors (Lipinski definition) is 0. The third-order valence-electron chi connectivity index (χ3n) is 6.09. The third-order valence-corrected chi connectivity index (χ3v) is 6.09. The fourth-order valence-corrected chi connectivity index (χ4v) is 4.70. The van der Waals surface area contributed by atoms with Crippen molar-refractivity contribution in [2.24, 2.45) is 0 Å². The van der Waals surface area contributed by atoms with Gasteiger partial charge >= 0.3 is 0 Å². The van der Waals surface area contributed by atoms with E-state index in [9.17, 15) is 0 Å². The van der Waals surface area contributed by atoms with Crippen molar-refractivity contribution in [3.05, 3.63) is 121 Å². The Balaban J connectivity index is 0.000000126. The number of hydrogen-bond donors (Lipinski definition) is 0. The molecule has 0 N–H and O–H groups in total. The van der Waals surface area contributed by atoms with E-state index >= 15 is 0 Å². The molecule has 30 heavy (non-hydrogen) atoms. The molecule has 0 bridgehead atoms. The molecule has 6 aromatic carbocycles. The zero-order valence-electron chi connectivity index (χ0n) is 16.5. The van der Waals surface area contributed by atoms with Crippen molar-refractivity contribution >= 4 is 32.3 Å². The molecule has 0 saturated carbocycles. The molecule has 0 unspecified atom stereocenters. The predicted molar refractivity (Wildman–Crippen MR) is 130 cm³/mol. The Hall–Kier alpha value is -3.90. The van der Waals surface area contributed by atoms with Gasteiger partial charge in [-0.1, -0.05) is 121 Å². The molecule has 1 aliphatic rings. The van der Waals surface area contributed by atoms with E-state index in [-0.39, 0.29) is 0 Å². The zero-order valence-corrected chi connectivity index (χ0v) is 16.5. The van der Waals surface area contributed by atoms with Gasteiger partial charge in [-0.2, -0.15) is 0 Å². The highest BCUT2D eigenvalue weighted by Crippen LogP contribution is 2.46. The molecule has 140 valence electrons. The van der Waals surface area contributed by atoms with Crippen LogP contribution in [0.15, 0.2) is 121 Å². The fourth-order valence-electron chi connectivity index (χ4n) is 4.70. The minimum absolute atomic E-state index is 1.34. The summed E-state index contributed by atoms with van der Waals surface area (Å²) in [6.45, 7) is 0. The van der Waals surface area contributed by atoms with Crippen LogP contribution in [-0.4, -0.2) is 0 Å². The van der Waals surface area contributed by atoms with Crippen molar-refractivity contribution in [2.45, 2.75) is 0 Å². The van der Waals surface area contributed by atoms with Crippen LogP contribution >= 0.6 is 0 Å². The molecule has 0 spiro atoms. The molecule has 1 aliphatic carbocycles. The minimum atomic E-state index is 1.34. The van der Waals surface area contributed by atoms with Gasteiger partial charge in [-0.05, 0) is 54.6 Å². The van der Waals surface area contributed by atoms with E-state index in [1.165, 1.54) is 54.6 Å². The van der Waals surface area contributed by atoms with Gasteiger partial charge in [0.05, 0.1) is 0 Å². The lowest BCUT2D eigenvalue weighted by atomic mass is 9.81. The Labute approximate surface area is 176 Å². The summed E-state index contributed by atoms with van der Waals surface area (Å²) in [6, 6.07) is 43.0. The first kappa shape index (κ1) is 17.0. The van der Waals surface area contributed by atoms with E-state index in [2.05, 4.69) is 121 Å². The van der Waals surface area contributed by atoms with Crippen LogP contribution in [0.25, 0.3) is 54.6 Å². The summed E-state index contributed by atoms with van der Waals surface area (Å²) in [5, 5.41) is 8.04. The molecule has 0 saturated heterocycles. The van der Waals surface area contributed by atoms with Crippen molar-refractivity contribution in [2.75, 3.05) is 0 Å². The molecule has 6 aromatic rings. The van der Waals surface area contributed by atoms with Gasteiger partial charge in [0.2, 0.25) is 0 Å². The molecule has 0 amide bonds. The highest BCUT2D eigenvalue weighted by Gasteiger charge is 2.19. The summed E-state index contributed by atoms with van der Waals surface area (Å²) in [7, 11) is 0.